The van der Waals surface area contributed by atoms with Crippen LogP contribution in [0, 0.1) is 5.82 Å². The Morgan fingerprint density at radius 2 is 2.29 bits per heavy atom. The molecule has 0 fully saturated rings. The van der Waals surface area contributed by atoms with Crippen LogP contribution in [0.3, 0.4) is 0 Å². The predicted octanol–water partition coefficient (Wildman–Crippen LogP) is 2.95. The molecular formula is C13H15FN2S. The topological polar surface area (TPSA) is 38.9 Å². The van der Waals surface area contributed by atoms with Gasteiger partial charge in [0.15, 0.2) is 0 Å². The van der Waals surface area contributed by atoms with E-state index in [1.54, 1.807) is 24.0 Å². The molecule has 1 aromatic heterocycles. The first-order valence-electron chi connectivity index (χ1n) is 5.55. The number of halogens is 1. The van der Waals surface area contributed by atoms with E-state index in [-0.39, 0.29) is 5.82 Å². The van der Waals surface area contributed by atoms with E-state index in [1.807, 2.05) is 12.1 Å². The third kappa shape index (κ3) is 2.96. The number of aromatic nitrogens is 1. The van der Waals surface area contributed by atoms with E-state index in [0.717, 1.165) is 22.2 Å². The molecule has 0 radical (unpaired) electrons. The molecule has 1 unspecified atom stereocenters. The number of fused-ring (bicyclic) bond motifs is 1. The second-order valence-corrected chi connectivity index (χ2v) is 5.42. The van der Waals surface area contributed by atoms with Crippen molar-refractivity contribution in [1.29, 1.82) is 0 Å². The van der Waals surface area contributed by atoms with E-state index in [2.05, 4.69) is 11.9 Å². The molecule has 0 aliphatic heterocycles. The molecule has 17 heavy (non-hydrogen) atoms. The van der Waals surface area contributed by atoms with Gasteiger partial charge in [0.1, 0.15) is 5.82 Å². The number of benzene rings is 1. The van der Waals surface area contributed by atoms with Crippen LogP contribution in [0.2, 0.25) is 0 Å². The van der Waals surface area contributed by atoms with Crippen LogP contribution in [-0.4, -0.2) is 16.8 Å². The van der Waals surface area contributed by atoms with Gasteiger partial charge >= 0.3 is 0 Å². The minimum atomic E-state index is -0.207. The van der Waals surface area contributed by atoms with Gasteiger partial charge in [-0.3, -0.25) is 4.98 Å². The SMILES string of the molecule is CC(CN)SCc1cc(F)cc2cccnc12. The summed E-state index contributed by atoms with van der Waals surface area (Å²) >= 11 is 1.72. The van der Waals surface area contributed by atoms with Crippen LogP contribution in [-0.2, 0) is 5.75 Å². The largest absolute Gasteiger partial charge is 0.329 e. The lowest BCUT2D eigenvalue weighted by molar-refractivity contribution is 0.628. The summed E-state index contributed by atoms with van der Waals surface area (Å²) in [5.41, 5.74) is 7.38. The molecular weight excluding hydrogens is 235 g/mol. The molecule has 1 aromatic carbocycles. The summed E-state index contributed by atoms with van der Waals surface area (Å²) < 4.78 is 13.4. The molecule has 2 N–H and O–H groups in total. The van der Waals surface area contributed by atoms with Gasteiger partial charge in [-0.1, -0.05) is 13.0 Å². The van der Waals surface area contributed by atoms with E-state index in [1.165, 1.54) is 6.07 Å². The Morgan fingerprint density at radius 1 is 1.47 bits per heavy atom. The maximum absolute atomic E-state index is 13.4. The molecule has 0 amide bonds. The smallest absolute Gasteiger partial charge is 0.124 e. The third-order valence-electron chi connectivity index (χ3n) is 2.60. The van der Waals surface area contributed by atoms with Crippen LogP contribution in [0.4, 0.5) is 4.39 Å². The van der Waals surface area contributed by atoms with Gasteiger partial charge < -0.3 is 5.73 Å². The number of thioether (sulfide) groups is 1. The average molecular weight is 250 g/mol. The Labute approximate surface area is 104 Å². The minimum Gasteiger partial charge on any atom is -0.329 e. The van der Waals surface area contributed by atoms with Gasteiger partial charge in [-0.05, 0) is 23.8 Å². The van der Waals surface area contributed by atoms with Crippen molar-refractivity contribution in [2.24, 2.45) is 5.73 Å². The van der Waals surface area contributed by atoms with Gasteiger partial charge in [-0.2, -0.15) is 11.8 Å². The van der Waals surface area contributed by atoms with Crippen molar-refractivity contribution in [3.8, 4) is 0 Å². The first kappa shape index (κ1) is 12.3. The Kier molecular flexibility index (Phi) is 3.97. The number of nitrogens with zero attached hydrogens (tertiary/aromatic N) is 1. The molecule has 2 rings (SSSR count). The monoisotopic (exact) mass is 250 g/mol. The van der Waals surface area contributed by atoms with Crippen molar-refractivity contribution in [2.75, 3.05) is 6.54 Å². The highest BCUT2D eigenvalue weighted by molar-refractivity contribution is 7.99. The summed E-state index contributed by atoms with van der Waals surface area (Å²) in [6.45, 7) is 2.70. The Hall–Kier alpha value is -1.13. The number of nitrogens with two attached hydrogens (primary N) is 1. The highest BCUT2D eigenvalue weighted by Gasteiger charge is 2.07. The van der Waals surface area contributed by atoms with E-state index in [4.69, 9.17) is 5.73 Å². The van der Waals surface area contributed by atoms with Crippen molar-refractivity contribution in [3.63, 3.8) is 0 Å². The molecule has 0 saturated carbocycles. The van der Waals surface area contributed by atoms with E-state index >= 15 is 0 Å². The molecule has 2 nitrogen and oxygen atoms in total. The Bertz CT molecular complexity index is 516. The van der Waals surface area contributed by atoms with Gasteiger partial charge in [-0.15, -0.1) is 0 Å². The summed E-state index contributed by atoms with van der Waals surface area (Å²) in [5, 5.41) is 1.22. The van der Waals surface area contributed by atoms with Crippen molar-refractivity contribution < 1.29 is 4.39 Å². The van der Waals surface area contributed by atoms with E-state index in [0.29, 0.717) is 11.8 Å². The highest BCUT2D eigenvalue weighted by atomic mass is 32.2. The van der Waals surface area contributed by atoms with Crippen LogP contribution in [0.15, 0.2) is 30.5 Å². The van der Waals surface area contributed by atoms with Gasteiger partial charge in [0.25, 0.3) is 0 Å². The molecule has 0 aliphatic carbocycles. The zero-order valence-electron chi connectivity index (χ0n) is 9.69. The van der Waals surface area contributed by atoms with Crippen molar-refractivity contribution in [3.05, 3.63) is 41.8 Å². The summed E-state index contributed by atoms with van der Waals surface area (Å²) in [7, 11) is 0. The standard InChI is InChI=1S/C13H15FN2S/c1-9(7-15)17-8-11-6-12(14)5-10-3-2-4-16-13(10)11/h2-6,9H,7-8,15H2,1H3. The van der Waals surface area contributed by atoms with Crippen LogP contribution in [0.1, 0.15) is 12.5 Å². The van der Waals surface area contributed by atoms with Crippen LogP contribution >= 0.6 is 11.8 Å². The second-order valence-electron chi connectivity index (χ2n) is 4.00. The van der Waals surface area contributed by atoms with Gasteiger partial charge in [-0.25, -0.2) is 4.39 Å². The van der Waals surface area contributed by atoms with Gasteiger partial charge in [0.05, 0.1) is 5.52 Å². The quantitative estimate of drug-likeness (QED) is 0.906. The lowest BCUT2D eigenvalue weighted by Gasteiger charge is -2.10. The summed E-state index contributed by atoms with van der Waals surface area (Å²) in [4.78, 5) is 4.31. The molecule has 90 valence electrons. The maximum Gasteiger partial charge on any atom is 0.124 e. The van der Waals surface area contributed by atoms with Crippen LogP contribution < -0.4 is 5.73 Å². The zero-order chi connectivity index (χ0) is 12.3. The molecule has 0 bridgehead atoms. The molecule has 1 heterocycles. The molecule has 1 atom stereocenters. The van der Waals surface area contributed by atoms with E-state index in [9.17, 15) is 4.39 Å². The summed E-state index contributed by atoms with van der Waals surface area (Å²) in [6, 6.07) is 6.78. The molecule has 0 saturated heterocycles. The molecule has 0 aliphatic rings. The number of hydrogen-bond donors (Lipinski definition) is 1. The normalized spacial score (nSPS) is 12.9. The Balaban J connectivity index is 2.32. The second kappa shape index (κ2) is 5.47. The van der Waals surface area contributed by atoms with Crippen LogP contribution in [0.5, 0.6) is 0 Å². The number of pyridine rings is 1. The predicted molar refractivity (Wildman–Crippen MR) is 71.5 cm³/mol. The molecule has 2 aromatic rings. The first-order valence-corrected chi connectivity index (χ1v) is 6.60. The lowest BCUT2D eigenvalue weighted by atomic mass is 10.1. The lowest BCUT2D eigenvalue weighted by Crippen LogP contribution is -2.12. The summed E-state index contributed by atoms with van der Waals surface area (Å²) in [5.74, 6) is 0.533. The van der Waals surface area contributed by atoms with E-state index < -0.39 is 0 Å². The summed E-state index contributed by atoms with van der Waals surface area (Å²) in [6.07, 6.45) is 1.74. The fraction of sp³-hybridized carbons (Fsp3) is 0.308. The third-order valence-corrected chi connectivity index (χ3v) is 3.84. The fourth-order valence-corrected chi connectivity index (χ4v) is 2.46. The molecule has 4 heteroatoms. The minimum absolute atomic E-state index is 0.207. The number of hydrogen-bond acceptors (Lipinski definition) is 3. The molecule has 0 spiro atoms. The number of rotatable bonds is 4. The van der Waals surface area contributed by atoms with Gasteiger partial charge in [0.2, 0.25) is 0 Å². The highest BCUT2D eigenvalue weighted by Crippen LogP contribution is 2.24. The van der Waals surface area contributed by atoms with Crippen molar-refractivity contribution in [1.82, 2.24) is 4.98 Å². The van der Waals surface area contributed by atoms with Crippen molar-refractivity contribution >= 4 is 22.7 Å². The fourth-order valence-electron chi connectivity index (χ4n) is 1.64. The van der Waals surface area contributed by atoms with Gasteiger partial charge in [0, 0.05) is 29.1 Å². The van der Waals surface area contributed by atoms with Crippen LogP contribution in [0.25, 0.3) is 10.9 Å². The first-order chi connectivity index (χ1) is 8.20. The maximum atomic E-state index is 13.4. The average Bonchev–Trinajstić information content (AvgIpc) is 2.35. The zero-order valence-corrected chi connectivity index (χ0v) is 10.5. The van der Waals surface area contributed by atoms with Crippen molar-refractivity contribution in [2.45, 2.75) is 17.9 Å². The Morgan fingerprint density at radius 3 is 3.06 bits per heavy atom.